The van der Waals surface area contributed by atoms with E-state index in [0.717, 1.165) is 36.0 Å². The van der Waals surface area contributed by atoms with E-state index < -0.39 is 0 Å². The molecule has 0 spiro atoms. The van der Waals surface area contributed by atoms with E-state index in [9.17, 15) is 0 Å². The highest BCUT2D eigenvalue weighted by Crippen LogP contribution is 2.59. The van der Waals surface area contributed by atoms with Crippen molar-refractivity contribution in [3.8, 4) is 0 Å². The van der Waals surface area contributed by atoms with Crippen molar-refractivity contribution in [2.45, 2.75) is 56.7 Å². The van der Waals surface area contributed by atoms with E-state index in [0.29, 0.717) is 11.7 Å². The van der Waals surface area contributed by atoms with Gasteiger partial charge in [-0.15, -0.1) is 11.6 Å². The minimum Gasteiger partial charge on any atom is -0.339 e. The normalized spacial score (nSPS) is 41.7. The third kappa shape index (κ3) is 1.93. The Hall–Kier alpha value is -0.570. The van der Waals surface area contributed by atoms with Gasteiger partial charge in [0, 0.05) is 5.92 Å². The minimum absolute atomic E-state index is 0.102. The maximum Gasteiger partial charge on any atom is 0.230 e. The summed E-state index contributed by atoms with van der Waals surface area (Å²) < 4.78 is 5.57. The lowest BCUT2D eigenvalue weighted by Crippen LogP contribution is -2.43. The molecule has 4 aliphatic carbocycles. The van der Waals surface area contributed by atoms with Gasteiger partial charge >= 0.3 is 0 Å². The summed E-state index contributed by atoms with van der Waals surface area (Å²) in [5, 5.41) is 4.00. The molecule has 1 aromatic heterocycles. The van der Waals surface area contributed by atoms with Gasteiger partial charge in [0.1, 0.15) is 0 Å². The Morgan fingerprint density at radius 2 is 1.79 bits per heavy atom. The van der Waals surface area contributed by atoms with Gasteiger partial charge in [-0.1, -0.05) is 12.1 Å². The van der Waals surface area contributed by atoms with Crippen LogP contribution in [0.4, 0.5) is 0 Å². The van der Waals surface area contributed by atoms with Crippen molar-refractivity contribution < 1.29 is 4.52 Å². The maximum atomic E-state index is 6.21. The molecule has 4 fully saturated rings. The molecule has 1 heterocycles. The number of halogens is 1. The fraction of sp³-hybridized carbons (Fsp3) is 0.867. The van der Waals surface area contributed by atoms with Crippen LogP contribution in [-0.4, -0.2) is 10.1 Å². The predicted molar refractivity (Wildman–Crippen MR) is 73.0 cm³/mol. The Bertz CT molecular complexity index is 444. The molecule has 4 heteroatoms. The molecule has 4 aliphatic rings. The lowest BCUT2D eigenvalue weighted by molar-refractivity contribution is -0.0131. The monoisotopic (exact) mass is 280 g/mol. The maximum absolute atomic E-state index is 6.21. The molecule has 1 atom stereocenters. The Morgan fingerprint density at radius 1 is 1.16 bits per heavy atom. The van der Waals surface area contributed by atoms with Crippen LogP contribution in [-0.2, 0) is 0 Å². The van der Waals surface area contributed by atoms with Crippen LogP contribution in [0.3, 0.4) is 0 Å². The van der Waals surface area contributed by atoms with E-state index in [1.165, 1.54) is 32.1 Å². The number of alkyl halides is 1. The van der Waals surface area contributed by atoms with Crippen LogP contribution < -0.4 is 0 Å². The summed E-state index contributed by atoms with van der Waals surface area (Å²) in [6, 6.07) is 0. The largest absolute Gasteiger partial charge is 0.339 e. The van der Waals surface area contributed by atoms with Crippen LogP contribution in [0.5, 0.6) is 0 Å². The van der Waals surface area contributed by atoms with E-state index in [1.54, 1.807) is 0 Å². The molecule has 1 aromatic rings. The summed E-state index contributed by atoms with van der Waals surface area (Å²) in [5.41, 5.74) is 0. The Kier molecular flexibility index (Phi) is 2.87. The van der Waals surface area contributed by atoms with Crippen LogP contribution in [0, 0.1) is 23.7 Å². The van der Waals surface area contributed by atoms with E-state index in [2.05, 4.69) is 17.1 Å². The second kappa shape index (κ2) is 4.47. The van der Waals surface area contributed by atoms with Crippen LogP contribution in [0.2, 0.25) is 0 Å². The highest BCUT2D eigenvalue weighted by Gasteiger charge is 2.50. The van der Waals surface area contributed by atoms with Gasteiger partial charge in [0.05, 0.1) is 5.38 Å². The van der Waals surface area contributed by atoms with Crippen molar-refractivity contribution in [3.63, 3.8) is 0 Å². The highest BCUT2D eigenvalue weighted by atomic mass is 35.5. The molecule has 0 aliphatic heterocycles. The van der Waals surface area contributed by atoms with E-state index in [-0.39, 0.29) is 5.38 Å². The molecular weight excluding hydrogens is 260 g/mol. The van der Waals surface area contributed by atoms with Crippen molar-refractivity contribution >= 4 is 11.6 Å². The van der Waals surface area contributed by atoms with E-state index in [1.807, 2.05) is 0 Å². The van der Waals surface area contributed by atoms with Crippen molar-refractivity contribution in [3.05, 3.63) is 11.7 Å². The Balaban J connectivity index is 1.60. The standard InChI is InChI=1S/C15H21ClN2O/c1-2-12(16)14-17-15(19-18-14)13-10-4-8-3-9(6-10)7-11(13)5-8/h8-13H,2-7H2,1H3. The molecule has 0 radical (unpaired) electrons. The summed E-state index contributed by atoms with van der Waals surface area (Å²) in [5.74, 6) is 5.64. The molecule has 0 saturated heterocycles. The number of hydrogen-bond donors (Lipinski definition) is 0. The van der Waals surface area contributed by atoms with Gasteiger partial charge in [-0.2, -0.15) is 4.98 Å². The van der Waals surface area contributed by atoms with Crippen LogP contribution >= 0.6 is 11.6 Å². The van der Waals surface area contributed by atoms with Crippen molar-refractivity contribution in [1.29, 1.82) is 0 Å². The average Bonchev–Trinajstić information content (AvgIpc) is 2.86. The lowest BCUT2D eigenvalue weighted by Gasteiger charge is -2.53. The second-order valence-electron chi connectivity index (χ2n) is 6.82. The number of nitrogens with zero attached hydrogens (tertiary/aromatic N) is 2. The molecule has 4 bridgehead atoms. The van der Waals surface area contributed by atoms with Gasteiger partial charge in [0.15, 0.2) is 5.82 Å². The first-order valence-corrected chi connectivity index (χ1v) is 8.15. The number of rotatable bonds is 3. The van der Waals surface area contributed by atoms with Crippen molar-refractivity contribution in [1.82, 2.24) is 10.1 Å². The summed E-state index contributed by atoms with van der Waals surface area (Å²) >= 11 is 6.21. The smallest absolute Gasteiger partial charge is 0.230 e. The summed E-state index contributed by atoms with van der Waals surface area (Å²) in [7, 11) is 0. The summed E-state index contributed by atoms with van der Waals surface area (Å²) in [6.07, 6.45) is 7.86. The summed E-state index contributed by atoms with van der Waals surface area (Å²) in [4.78, 5) is 4.62. The predicted octanol–water partition coefficient (Wildman–Crippen LogP) is 4.30. The van der Waals surface area contributed by atoms with Gasteiger partial charge in [-0.25, -0.2) is 0 Å². The molecule has 0 aromatic carbocycles. The third-order valence-electron chi connectivity index (χ3n) is 5.61. The van der Waals surface area contributed by atoms with Gasteiger partial charge < -0.3 is 4.52 Å². The third-order valence-corrected chi connectivity index (χ3v) is 6.11. The van der Waals surface area contributed by atoms with Crippen LogP contribution in [0.1, 0.15) is 68.5 Å². The number of hydrogen-bond acceptors (Lipinski definition) is 3. The van der Waals surface area contributed by atoms with Gasteiger partial charge in [0.25, 0.3) is 0 Å². The first-order chi connectivity index (χ1) is 9.24. The average molecular weight is 281 g/mol. The molecule has 0 amide bonds. The van der Waals surface area contributed by atoms with E-state index >= 15 is 0 Å². The fourth-order valence-electron chi connectivity index (χ4n) is 5.02. The van der Waals surface area contributed by atoms with Gasteiger partial charge in [-0.3, -0.25) is 0 Å². The lowest BCUT2D eigenvalue weighted by atomic mass is 9.52. The van der Waals surface area contributed by atoms with Crippen LogP contribution in [0.15, 0.2) is 4.52 Å². The van der Waals surface area contributed by atoms with Crippen LogP contribution in [0.25, 0.3) is 0 Å². The second-order valence-corrected chi connectivity index (χ2v) is 7.35. The van der Waals surface area contributed by atoms with E-state index in [4.69, 9.17) is 16.1 Å². The molecule has 5 rings (SSSR count). The Labute approximate surface area is 119 Å². The molecule has 3 nitrogen and oxygen atoms in total. The molecule has 19 heavy (non-hydrogen) atoms. The zero-order valence-electron chi connectivity index (χ0n) is 11.4. The first kappa shape index (κ1) is 12.2. The topological polar surface area (TPSA) is 38.9 Å². The SMILES string of the molecule is CCC(Cl)c1noc(C2C3CC4CC(C3)CC2C4)n1. The number of aromatic nitrogens is 2. The molecule has 0 N–H and O–H groups in total. The zero-order chi connectivity index (χ0) is 13.0. The Morgan fingerprint density at radius 3 is 2.37 bits per heavy atom. The highest BCUT2D eigenvalue weighted by molar-refractivity contribution is 6.20. The minimum atomic E-state index is -0.102. The molecule has 104 valence electrons. The first-order valence-electron chi connectivity index (χ1n) is 7.72. The van der Waals surface area contributed by atoms with Crippen molar-refractivity contribution in [2.24, 2.45) is 23.7 Å². The quantitative estimate of drug-likeness (QED) is 0.775. The van der Waals surface area contributed by atoms with Gasteiger partial charge in [-0.05, 0) is 62.2 Å². The summed E-state index contributed by atoms with van der Waals surface area (Å²) in [6.45, 7) is 2.05. The van der Waals surface area contributed by atoms with Gasteiger partial charge in [0.2, 0.25) is 5.89 Å². The zero-order valence-corrected chi connectivity index (χ0v) is 12.1. The molecule has 1 unspecified atom stereocenters. The molecular formula is C15H21ClN2O. The fourth-order valence-corrected chi connectivity index (χ4v) is 5.11. The molecule has 4 saturated carbocycles. The van der Waals surface area contributed by atoms with Crippen molar-refractivity contribution in [2.75, 3.05) is 0 Å².